The van der Waals surface area contributed by atoms with Crippen molar-refractivity contribution in [1.29, 1.82) is 5.26 Å². The first kappa shape index (κ1) is 17.5. The average Bonchev–Trinajstić information content (AvgIpc) is 3.15. The molecular weight excluding hydrogens is 416 g/mol. The van der Waals surface area contributed by atoms with Crippen LogP contribution in [-0.2, 0) is 22.5 Å². The molecule has 1 fully saturated rings. The van der Waals surface area contributed by atoms with Crippen LogP contribution in [-0.4, -0.2) is 48.1 Å². The molecule has 0 aromatic carbocycles. The van der Waals surface area contributed by atoms with Gasteiger partial charge in [-0.05, 0) is 45.4 Å². The molecule has 6 nitrogen and oxygen atoms in total. The molecule has 4 heterocycles. The number of carbonyl (C=O) groups excluding carboxylic acids is 1. The Labute approximate surface area is 164 Å². The smallest absolute Gasteiger partial charge is 0.253 e. The van der Waals surface area contributed by atoms with E-state index in [0.29, 0.717) is 37.6 Å². The second-order valence-corrected chi connectivity index (χ2v) is 8.24. The molecule has 2 aliphatic heterocycles. The van der Waals surface area contributed by atoms with Crippen LogP contribution in [0.15, 0.2) is 28.2 Å². The van der Waals surface area contributed by atoms with Crippen LogP contribution in [0.1, 0.15) is 16.0 Å². The number of hydrogen-bond donors (Lipinski definition) is 0. The van der Waals surface area contributed by atoms with Crippen molar-refractivity contribution in [3.05, 3.63) is 44.2 Å². The fourth-order valence-electron chi connectivity index (χ4n) is 3.40. The molecule has 26 heavy (non-hydrogen) atoms. The number of nitrogens with zero attached hydrogens (tertiary/aromatic N) is 4. The fourth-order valence-corrected chi connectivity index (χ4v) is 4.62. The molecule has 0 radical (unpaired) electrons. The van der Waals surface area contributed by atoms with Crippen molar-refractivity contribution in [2.75, 3.05) is 31.1 Å². The molecule has 1 atom stereocenters. The van der Waals surface area contributed by atoms with E-state index >= 15 is 0 Å². The van der Waals surface area contributed by atoms with Gasteiger partial charge in [0.1, 0.15) is 11.9 Å². The van der Waals surface area contributed by atoms with Gasteiger partial charge >= 0.3 is 0 Å². The summed E-state index contributed by atoms with van der Waals surface area (Å²) < 4.78 is 6.52. The first-order valence-electron chi connectivity index (χ1n) is 8.42. The van der Waals surface area contributed by atoms with E-state index in [1.807, 2.05) is 9.80 Å². The monoisotopic (exact) mass is 432 g/mol. The number of rotatable bonds is 2. The first-order chi connectivity index (χ1) is 12.7. The van der Waals surface area contributed by atoms with E-state index in [4.69, 9.17) is 4.74 Å². The van der Waals surface area contributed by atoms with Crippen LogP contribution in [0.5, 0.6) is 0 Å². The maximum absolute atomic E-state index is 13.0. The maximum atomic E-state index is 13.0. The van der Waals surface area contributed by atoms with Crippen LogP contribution in [0.25, 0.3) is 0 Å². The van der Waals surface area contributed by atoms with Gasteiger partial charge in [0.05, 0.1) is 18.7 Å². The number of halogens is 1. The van der Waals surface area contributed by atoms with Gasteiger partial charge in [-0.1, -0.05) is 0 Å². The standard InChI is InChI=1S/C18H17BrN4O2S/c19-14-7-13(8-20)17(21-9-14)22-4-5-25-15(11-22)18(24)23-3-1-16-12(10-23)2-6-26-16/h2,6-7,9,15H,1,3-5,10-11H2. The number of anilines is 1. The molecule has 2 aliphatic rings. The van der Waals surface area contributed by atoms with Gasteiger partial charge in [0.15, 0.2) is 6.10 Å². The summed E-state index contributed by atoms with van der Waals surface area (Å²) in [5, 5.41) is 11.5. The topological polar surface area (TPSA) is 69.5 Å². The van der Waals surface area contributed by atoms with Crippen LogP contribution in [0.2, 0.25) is 0 Å². The number of aromatic nitrogens is 1. The zero-order chi connectivity index (χ0) is 18.1. The van der Waals surface area contributed by atoms with Crippen molar-refractivity contribution in [3.8, 4) is 6.07 Å². The lowest BCUT2D eigenvalue weighted by Crippen LogP contribution is -2.52. The van der Waals surface area contributed by atoms with Crippen LogP contribution < -0.4 is 4.90 Å². The van der Waals surface area contributed by atoms with Gasteiger partial charge in [-0.25, -0.2) is 4.98 Å². The van der Waals surface area contributed by atoms with Crippen molar-refractivity contribution in [2.24, 2.45) is 0 Å². The van der Waals surface area contributed by atoms with Crippen LogP contribution >= 0.6 is 27.3 Å². The molecule has 2 aromatic heterocycles. The summed E-state index contributed by atoms with van der Waals surface area (Å²) in [4.78, 5) is 22.6. The minimum atomic E-state index is -0.527. The van der Waals surface area contributed by atoms with Crippen molar-refractivity contribution in [2.45, 2.75) is 19.1 Å². The zero-order valence-electron chi connectivity index (χ0n) is 14.0. The summed E-state index contributed by atoms with van der Waals surface area (Å²) in [5.74, 6) is 0.623. The van der Waals surface area contributed by atoms with Crippen molar-refractivity contribution in [1.82, 2.24) is 9.88 Å². The first-order valence-corrected chi connectivity index (χ1v) is 10.1. The lowest BCUT2D eigenvalue weighted by atomic mass is 10.1. The molecule has 8 heteroatoms. The predicted octanol–water partition coefficient (Wildman–Crippen LogP) is 2.57. The van der Waals surface area contributed by atoms with Gasteiger partial charge in [-0.15, -0.1) is 11.3 Å². The Hall–Kier alpha value is -1.95. The number of nitriles is 1. The van der Waals surface area contributed by atoms with Gasteiger partial charge in [-0.3, -0.25) is 4.79 Å². The number of thiophene rings is 1. The highest BCUT2D eigenvalue weighted by Gasteiger charge is 2.33. The van der Waals surface area contributed by atoms with Crippen molar-refractivity contribution >= 4 is 39.0 Å². The molecule has 0 saturated carbocycles. The Balaban J connectivity index is 1.49. The lowest BCUT2D eigenvalue weighted by molar-refractivity contribution is -0.145. The maximum Gasteiger partial charge on any atom is 0.253 e. The van der Waals surface area contributed by atoms with Crippen LogP contribution in [0, 0.1) is 11.3 Å². The van der Waals surface area contributed by atoms with Gasteiger partial charge in [0.25, 0.3) is 5.91 Å². The lowest BCUT2D eigenvalue weighted by Gasteiger charge is -2.36. The third kappa shape index (κ3) is 3.34. The Morgan fingerprint density at radius 2 is 2.35 bits per heavy atom. The summed E-state index contributed by atoms with van der Waals surface area (Å²) >= 11 is 5.10. The quantitative estimate of drug-likeness (QED) is 0.728. The average molecular weight is 433 g/mol. The van der Waals surface area contributed by atoms with E-state index in [0.717, 1.165) is 17.4 Å². The number of fused-ring (bicyclic) bond motifs is 1. The number of hydrogen-bond acceptors (Lipinski definition) is 6. The summed E-state index contributed by atoms with van der Waals surface area (Å²) in [6, 6.07) is 6.02. The van der Waals surface area contributed by atoms with Gasteiger partial charge in [0, 0.05) is 35.2 Å². The predicted molar refractivity (Wildman–Crippen MR) is 102 cm³/mol. The highest BCUT2D eigenvalue weighted by atomic mass is 79.9. The Kier molecular flexibility index (Phi) is 4.94. The Morgan fingerprint density at radius 3 is 3.19 bits per heavy atom. The zero-order valence-corrected chi connectivity index (χ0v) is 16.4. The second-order valence-electron chi connectivity index (χ2n) is 6.32. The Morgan fingerprint density at radius 1 is 1.46 bits per heavy atom. The SMILES string of the molecule is N#Cc1cc(Br)cnc1N1CCOC(C(=O)N2CCc3sccc3C2)C1. The molecule has 1 unspecified atom stereocenters. The van der Waals surface area contributed by atoms with E-state index in [2.05, 4.69) is 38.4 Å². The van der Waals surface area contributed by atoms with E-state index < -0.39 is 6.10 Å². The number of morpholine rings is 1. The molecule has 4 rings (SSSR count). The number of amides is 1. The largest absolute Gasteiger partial charge is 0.365 e. The minimum absolute atomic E-state index is 0.0159. The second kappa shape index (κ2) is 7.35. The molecule has 0 N–H and O–H groups in total. The van der Waals surface area contributed by atoms with E-state index in [9.17, 15) is 10.1 Å². The Bertz CT molecular complexity index is 878. The van der Waals surface area contributed by atoms with E-state index in [1.165, 1.54) is 10.4 Å². The van der Waals surface area contributed by atoms with Gasteiger partial charge in [-0.2, -0.15) is 5.26 Å². The summed E-state index contributed by atoms with van der Waals surface area (Å²) in [5.41, 5.74) is 1.73. The number of ether oxygens (including phenoxy) is 1. The molecule has 2 aromatic rings. The third-order valence-corrected chi connectivity index (χ3v) is 6.17. The van der Waals surface area contributed by atoms with E-state index in [-0.39, 0.29) is 5.91 Å². The van der Waals surface area contributed by atoms with Crippen LogP contribution in [0.4, 0.5) is 5.82 Å². The number of pyridine rings is 1. The minimum Gasteiger partial charge on any atom is -0.365 e. The highest BCUT2D eigenvalue weighted by molar-refractivity contribution is 9.10. The summed E-state index contributed by atoms with van der Waals surface area (Å²) in [7, 11) is 0. The molecule has 1 amide bonds. The number of carbonyl (C=O) groups is 1. The fraction of sp³-hybridized carbons (Fsp3) is 0.389. The van der Waals surface area contributed by atoms with Crippen molar-refractivity contribution < 1.29 is 9.53 Å². The summed E-state index contributed by atoms with van der Waals surface area (Å²) in [6.45, 7) is 2.84. The van der Waals surface area contributed by atoms with Gasteiger partial charge < -0.3 is 14.5 Å². The third-order valence-electron chi connectivity index (χ3n) is 4.71. The van der Waals surface area contributed by atoms with Gasteiger partial charge in [0.2, 0.25) is 0 Å². The molecule has 0 spiro atoms. The molecule has 1 saturated heterocycles. The highest BCUT2D eigenvalue weighted by Crippen LogP contribution is 2.26. The molecule has 0 bridgehead atoms. The molecule has 0 aliphatic carbocycles. The molecule has 134 valence electrons. The van der Waals surface area contributed by atoms with Crippen LogP contribution in [0.3, 0.4) is 0 Å². The molecular formula is C18H17BrN4O2S. The summed E-state index contributed by atoms with van der Waals surface area (Å²) in [6.07, 6.45) is 2.05. The normalized spacial score (nSPS) is 19.8. The van der Waals surface area contributed by atoms with E-state index in [1.54, 1.807) is 23.6 Å². The van der Waals surface area contributed by atoms with Crippen molar-refractivity contribution in [3.63, 3.8) is 0 Å².